The maximum atomic E-state index is 10.5. The van der Waals surface area contributed by atoms with E-state index in [-0.39, 0.29) is 12.5 Å². The minimum absolute atomic E-state index is 0.0799. The van der Waals surface area contributed by atoms with Gasteiger partial charge in [0.15, 0.2) is 0 Å². The molecule has 3 heteroatoms. The lowest BCUT2D eigenvalue weighted by Gasteiger charge is -2.04. The Kier molecular flexibility index (Phi) is 4.05. The second-order valence-electron chi connectivity index (χ2n) is 2.40. The molecular weight excluding hydrogens is 116 g/mol. The van der Waals surface area contributed by atoms with Crippen LogP contribution in [0.3, 0.4) is 0 Å². The second kappa shape index (κ2) is 4.32. The summed E-state index contributed by atoms with van der Waals surface area (Å²) in [5.41, 5.74) is 5.05. The zero-order valence-electron chi connectivity index (χ0n) is 5.98. The summed E-state index contributed by atoms with van der Waals surface area (Å²) in [6.45, 7) is 4.89. The minimum Gasteiger partial charge on any atom is -0.355 e. The average molecular weight is 130 g/mol. The van der Waals surface area contributed by atoms with Crippen LogP contribution in [0.25, 0.3) is 0 Å². The second-order valence-corrected chi connectivity index (χ2v) is 2.40. The molecule has 0 unspecified atom stereocenters. The van der Waals surface area contributed by atoms with E-state index in [1.807, 2.05) is 13.8 Å². The molecule has 3 N–H and O–H groups in total. The minimum atomic E-state index is -0.0799. The van der Waals surface area contributed by atoms with Crippen LogP contribution in [0.2, 0.25) is 0 Å². The van der Waals surface area contributed by atoms with E-state index in [1.54, 1.807) is 0 Å². The molecule has 0 rings (SSSR count). The first-order chi connectivity index (χ1) is 4.16. The SMILES string of the molecule is CC(C)CNC(=O)CN. The van der Waals surface area contributed by atoms with Gasteiger partial charge in [0.25, 0.3) is 0 Å². The van der Waals surface area contributed by atoms with Crippen molar-refractivity contribution < 1.29 is 4.79 Å². The molecule has 9 heavy (non-hydrogen) atoms. The van der Waals surface area contributed by atoms with Crippen LogP contribution in [0.5, 0.6) is 0 Å². The van der Waals surface area contributed by atoms with Crippen LogP contribution in [-0.2, 0) is 4.79 Å². The number of nitrogens with two attached hydrogens (primary N) is 1. The van der Waals surface area contributed by atoms with E-state index in [9.17, 15) is 4.79 Å². The Morgan fingerprint density at radius 1 is 1.67 bits per heavy atom. The summed E-state index contributed by atoms with van der Waals surface area (Å²) in [4.78, 5) is 10.5. The molecule has 0 aromatic rings. The van der Waals surface area contributed by atoms with E-state index in [1.165, 1.54) is 0 Å². The van der Waals surface area contributed by atoms with Crippen LogP contribution in [0, 0.1) is 5.92 Å². The molecule has 54 valence electrons. The predicted molar refractivity (Wildman–Crippen MR) is 36.9 cm³/mol. The van der Waals surface area contributed by atoms with Gasteiger partial charge in [-0.3, -0.25) is 4.79 Å². The number of hydrogen-bond acceptors (Lipinski definition) is 2. The summed E-state index contributed by atoms with van der Waals surface area (Å²) in [6.07, 6.45) is 0. The summed E-state index contributed by atoms with van der Waals surface area (Å²) in [7, 11) is 0. The normalized spacial score (nSPS) is 9.78. The quantitative estimate of drug-likeness (QED) is 0.552. The van der Waals surface area contributed by atoms with Crippen LogP contribution in [0.4, 0.5) is 0 Å². The van der Waals surface area contributed by atoms with Crippen LogP contribution in [0.1, 0.15) is 13.8 Å². The zero-order valence-corrected chi connectivity index (χ0v) is 5.98. The number of nitrogens with one attached hydrogen (secondary N) is 1. The van der Waals surface area contributed by atoms with Gasteiger partial charge in [-0.25, -0.2) is 0 Å². The number of rotatable bonds is 3. The van der Waals surface area contributed by atoms with Crippen molar-refractivity contribution in [1.82, 2.24) is 5.32 Å². The van der Waals surface area contributed by atoms with Crippen molar-refractivity contribution in [2.75, 3.05) is 13.1 Å². The molecule has 0 fully saturated rings. The highest BCUT2D eigenvalue weighted by atomic mass is 16.1. The molecule has 0 aliphatic rings. The average Bonchev–Trinajstić information content (AvgIpc) is 1.83. The Morgan fingerprint density at radius 2 is 2.22 bits per heavy atom. The lowest BCUT2D eigenvalue weighted by atomic mass is 10.2. The van der Waals surface area contributed by atoms with E-state index >= 15 is 0 Å². The Labute approximate surface area is 55.6 Å². The predicted octanol–water partition coefficient (Wildman–Crippen LogP) is -0.283. The summed E-state index contributed by atoms with van der Waals surface area (Å²) in [6, 6.07) is 0. The molecule has 0 aromatic carbocycles. The van der Waals surface area contributed by atoms with Crippen LogP contribution in [0.15, 0.2) is 0 Å². The highest BCUT2D eigenvalue weighted by molar-refractivity contribution is 5.77. The number of carbonyl (C=O) groups excluding carboxylic acids is 1. The topological polar surface area (TPSA) is 55.1 Å². The third-order valence-electron chi connectivity index (χ3n) is 0.893. The Morgan fingerprint density at radius 3 is 2.56 bits per heavy atom. The van der Waals surface area contributed by atoms with Crippen molar-refractivity contribution >= 4 is 5.91 Å². The molecule has 0 aliphatic carbocycles. The number of amides is 1. The van der Waals surface area contributed by atoms with Gasteiger partial charge in [-0.1, -0.05) is 13.8 Å². The Bertz CT molecular complexity index is 91.1. The molecule has 0 aromatic heterocycles. The van der Waals surface area contributed by atoms with Gasteiger partial charge in [0.05, 0.1) is 6.54 Å². The standard InChI is InChI=1S/C6H14N2O/c1-5(2)4-8-6(9)3-7/h5H,3-4,7H2,1-2H3,(H,8,9). The van der Waals surface area contributed by atoms with Crippen LogP contribution in [-0.4, -0.2) is 19.0 Å². The van der Waals surface area contributed by atoms with Gasteiger partial charge in [0.2, 0.25) is 5.91 Å². The summed E-state index contributed by atoms with van der Waals surface area (Å²) < 4.78 is 0. The monoisotopic (exact) mass is 130 g/mol. The first-order valence-electron chi connectivity index (χ1n) is 3.13. The first-order valence-corrected chi connectivity index (χ1v) is 3.13. The third kappa shape index (κ3) is 5.30. The van der Waals surface area contributed by atoms with Crippen molar-refractivity contribution in [1.29, 1.82) is 0 Å². The Hall–Kier alpha value is -0.570. The van der Waals surface area contributed by atoms with E-state index in [2.05, 4.69) is 5.32 Å². The molecule has 0 spiro atoms. The fourth-order valence-electron chi connectivity index (χ4n) is 0.390. The lowest BCUT2D eigenvalue weighted by Crippen LogP contribution is -2.32. The van der Waals surface area contributed by atoms with Gasteiger partial charge in [-0.05, 0) is 5.92 Å². The van der Waals surface area contributed by atoms with Crippen molar-refractivity contribution in [3.05, 3.63) is 0 Å². The van der Waals surface area contributed by atoms with Crippen LogP contribution >= 0.6 is 0 Å². The third-order valence-corrected chi connectivity index (χ3v) is 0.893. The van der Waals surface area contributed by atoms with Gasteiger partial charge in [-0.2, -0.15) is 0 Å². The fraction of sp³-hybridized carbons (Fsp3) is 0.833. The van der Waals surface area contributed by atoms with Gasteiger partial charge >= 0.3 is 0 Å². The van der Waals surface area contributed by atoms with Crippen LogP contribution < -0.4 is 11.1 Å². The van der Waals surface area contributed by atoms with Gasteiger partial charge < -0.3 is 11.1 Å². The lowest BCUT2D eigenvalue weighted by molar-refractivity contribution is -0.119. The smallest absolute Gasteiger partial charge is 0.233 e. The van der Waals surface area contributed by atoms with Gasteiger partial charge in [-0.15, -0.1) is 0 Å². The van der Waals surface area contributed by atoms with E-state index < -0.39 is 0 Å². The molecule has 0 aliphatic heterocycles. The highest BCUT2D eigenvalue weighted by Gasteiger charge is 1.96. The van der Waals surface area contributed by atoms with Crippen molar-refractivity contribution in [2.45, 2.75) is 13.8 Å². The van der Waals surface area contributed by atoms with E-state index in [0.717, 1.165) is 6.54 Å². The van der Waals surface area contributed by atoms with Crippen molar-refractivity contribution in [3.8, 4) is 0 Å². The molecule has 3 nitrogen and oxygen atoms in total. The van der Waals surface area contributed by atoms with Crippen molar-refractivity contribution in [3.63, 3.8) is 0 Å². The molecule has 0 saturated carbocycles. The summed E-state index contributed by atoms with van der Waals surface area (Å²) >= 11 is 0. The molecule has 1 amide bonds. The first kappa shape index (κ1) is 8.43. The number of carbonyl (C=O) groups is 1. The maximum Gasteiger partial charge on any atom is 0.233 e. The zero-order chi connectivity index (χ0) is 7.28. The number of hydrogen-bond donors (Lipinski definition) is 2. The molecule has 0 atom stereocenters. The Balaban J connectivity index is 3.17. The van der Waals surface area contributed by atoms with Gasteiger partial charge in [0.1, 0.15) is 0 Å². The fourth-order valence-corrected chi connectivity index (χ4v) is 0.390. The van der Waals surface area contributed by atoms with Gasteiger partial charge in [0, 0.05) is 6.54 Å². The summed E-state index contributed by atoms with van der Waals surface area (Å²) in [5.74, 6) is 0.421. The van der Waals surface area contributed by atoms with Crippen molar-refractivity contribution in [2.24, 2.45) is 11.7 Å². The summed E-state index contributed by atoms with van der Waals surface area (Å²) in [5, 5.41) is 2.67. The molecular formula is C6H14N2O. The molecule has 0 radical (unpaired) electrons. The molecule has 0 heterocycles. The maximum absolute atomic E-state index is 10.5. The largest absolute Gasteiger partial charge is 0.355 e. The molecule has 0 bridgehead atoms. The van der Waals surface area contributed by atoms with E-state index in [0.29, 0.717) is 5.92 Å². The highest BCUT2D eigenvalue weighted by Crippen LogP contribution is 1.85. The molecule has 0 saturated heterocycles. The van der Waals surface area contributed by atoms with E-state index in [4.69, 9.17) is 5.73 Å².